The van der Waals surface area contributed by atoms with Crippen molar-refractivity contribution in [2.75, 3.05) is 32.1 Å². The van der Waals surface area contributed by atoms with Crippen molar-refractivity contribution in [3.05, 3.63) is 83.2 Å². The van der Waals surface area contributed by atoms with Crippen LogP contribution in [0.1, 0.15) is 66.6 Å². The number of carbonyl (C=O) groups excluding carboxylic acids is 1. The molecule has 1 N–H and O–H groups in total. The number of benzene rings is 2. The van der Waals surface area contributed by atoms with Crippen LogP contribution >= 0.6 is 0 Å². The first-order chi connectivity index (χ1) is 17.2. The number of nitrogens with zero attached hydrogens (tertiary/aromatic N) is 2. The van der Waals surface area contributed by atoms with Crippen molar-refractivity contribution < 1.29 is 9.53 Å². The molecule has 1 amide bonds. The average Bonchev–Trinajstić information content (AvgIpc) is 3.14. The molecular weight excluding hydrogens is 446 g/mol. The van der Waals surface area contributed by atoms with Gasteiger partial charge in [-0.05, 0) is 94.2 Å². The second-order valence-electron chi connectivity index (χ2n) is 9.95. The second kappa shape index (κ2) is 13.2. The van der Waals surface area contributed by atoms with Gasteiger partial charge >= 0.3 is 0 Å². The highest BCUT2D eigenvalue weighted by molar-refractivity contribution is 6.01. The molecule has 0 aromatic heterocycles. The highest BCUT2D eigenvalue weighted by atomic mass is 16.5. The number of anilines is 1. The van der Waals surface area contributed by atoms with Gasteiger partial charge in [0.2, 0.25) is 0 Å². The number of amides is 1. The van der Waals surface area contributed by atoms with E-state index >= 15 is 0 Å². The first kappa shape index (κ1) is 27.4. The molecular formula is C31H41N3O2. The first-order valence-corrected chi connectivity index (χ1v) is 12.9. The fourth-order valence-corrected chi connectivity index (χ4v) is 4.35. The van der Waals surface area contributed by atoms with E-state index in [9.17, 15) is 4.79 Å². The Morgan fingerprint density at radius 1 is 1.14 bits per heavy atom. The monoisotopic (exact) mass is 487 g/mol. The van der Waals surface area contributed by atoms with Crippen LogP contribution in [0.2, 0.25) is 0 Å². The maximum Gasteiger partial charge on any atom is 0.253 e. The van der Waals surface area contributed by atoms with Crippen molar-refractivity contribution in [1.82, 2.24) is 4.90 Å². The topological polar surface area (TPSA) is 53.9 Å². The molecule has 0 aliphatic carbocycles. The summed E-state index contributed by atoms with van der Waals surface area (Å²) in [5.41, 5.74) is 7.59. The molecule has 1 fully saturated rings. The van der Waals surface area contributed by atoms with Gasteiger partial charge in [0.05, 0.1) is 11.4 Å². The normalized spacial score (nSPS) is 16.9. The van der Waals surface area contributed by atoms with Crippen LogP contribution in [0.4, 0.5) is 5.69 Å². The SMILES string of the molecule is C=C(Nc1ccc(C(=O)N(C)CCC2CCCOCC2)c(C)c1)/C(C)=N/C=C(\C)c1ccc(C)cc1. The highest BCUT2D eigenvalue weighted by Gasteiger charge is 2.18. The fourth-order valence-electron chi connectivity index (χ4n) is 4.35. The molecule has 1 atom stereocenters. The smallest absolute Gasteiger partial charge is 0.253 e. The van der Waals surface area contributed by atoms with Crippen LogP contribution in [0.25, 0.3) is 5.57 Å². The lowest BCUT2D eigenvalue weighted by Crippen LogP contribution is -2.29. The molecule has 5 heteroatoms. The molecule has 192 valence electrons. The van der Waals surface area contributed by atoms with Crippen LogP contribution in [-0.2, 0) is 4.74 Å². The summed E-state index contributed by atoms with van der Waals surface area (Å²) in [6.45, 7) is 14.7. The molecule has 3 rings (SSSR count). The molecule has 0 radical (unpaired) electrons. The number of nitrogens with one attached hydrogen (secondary N) is 1. The van der Waals surface area contributed by atoms with Crippen molar-refractivity contribution in [2.24, 2.45) is 10.9 Å². The standard InChI is InChI=1S/C31H41N3O2/c1-22-9-11-28(12-10-22)24(3)21-32-25(4)26(5)33-29-13-14-30(23(2)20-29)31(35)34(6)17-15-27-8-7-18-36-19-16-27/h9-14,20-21,27,33H,5,7-8,15-19H2,1-4,6H3/b24-21+,32-25+. The van der Waals surface area contributed by atoms with Gasteiger partial charge in [0.15, 0.2) is 0 Å². The van der Waals surface area contributed by atoms with E-state index < -0.39 is 0 Å². The zero-order valence-electron chi connectivity index (χ0n) is 22.6. The van der Waals surface area contributed by atoms with Gasteiger partial charge in [-0.3, -0.25) is 9.79 Å². The summed E-state index contributed by atoms with van der Waals surface area (Å²) in [6.07, 6.45) is 6.30. The van der Waals surface area contributed by atoms with Crippen molar-refractivity contribution >= 4 is 22.9 Å². The number of hydrogen-bond acceptors (Lipinski definition) is 4. The number of allylic oxidation sites excluding steroid dienone is 2. The Morgan fingerprint density at radius 3 is 2.61 bits per heavy atom. The second-order valence-corrected chi connectivity index (χ2v) is 9.95. The first-order valence-electron chi connectivity index (χ1n) is 12.9. The number of hydrogen-bond donors (Lipinski definition) is 1. The Morgan fingerprint density at radius 2 is 1.89 bits per heavy atom. The van der Waals surface area contributed by atoms with E-state index in [1.807, 2.05) is 50.2 Å². The molecule has 1 unspecified atom stereocenters. The van der Waals surface area contributed by atoms with Crippen molar-refractivity contribution in [3.63, 3.8) is 0 Å². The molecule has 0 saturated carbocycles. The summed E-state index contributed by atoms with van der Waals surface area (Å²) in [5.74, 6) is 0.707. The third-order valence-electron chi connectivity index (χ3n) is 6.94. The van der Waals surface area contributed by atoms with Gasteiger partial charge in [-0.2, -0.15) is 0 Å². The predicted molar refractivity (Wildman–Crippen MR) is 152 cm³/mol. The minimum absolute atomic E-state index is 0.0669. The van der Waals surface area contributed by atoms with Crippen LogP contribution in [0.3, 0.4) is 0 Å². The molecule has 1 aliphatic rings. The van der Waals surface area contributed by atoms with Crippen LogP contribution in [0.5, 0.6) is 0 Å². The Kier molecular flexibility index (Phi) is 10.1. The van der Waals surface area contributed by atoms with E-state index in [1.165, 1.54) is 12.0 Å². The third kappa shape index (κ3) is 7.92. The van der Waals surface area contributed by atoms with Gasteiger partial charge in [-0.15, -0.1) is 0 Å². The van der Waals surface area contributed by atoms with Gasteiger partial charge in [0.1, 0.15) is 0 Å². The van der Waals surface area contributed by atoms with Gasteiger partial charge in [-0.25, -0.2) is 0 Å². The Hall–Kier alpha value is -3.18. The lowest BCUT2D eigenvalue weighted by atomic mass is 9.96. The van der Waals surface area contributed by atoms with Gasteiger partial charge in [-0.1, -0.05) is 36.4 Å². The number of aryl methyl sites for hydroxylation is 2. The highest BCUT2D eigenvalue weighted by Crippen LogP contribution is 2.22. The van der Waals surface area contributed by atoms with E-state index in [2.05, 4.69) is 55.0 Å². The molecule has 36 heavy (non-hydrogen) atoms. The minimum atomic E-state index is 0.0669. The fraction of sp³-hybridized carbons (Fsp3) is 0.419. The zero-order chi connectivity index (χ0) is 26.1. The van der Waals surface area contributed by atoms with E-state index in [0.717, 1.165) is 78.4 Å². The third-order valence-corrected chi connectivity index (χ3v) is 6.94. The van der Waals surface area contributed by atoms with Gasteiger partial charge < -0.3 is 15.0 Å². The summed E-state index contributed by atoms with van der Waals surface area (Å²) in [4.78, 5) is 19.5. The molecule has 0 spiro atoms. The van der Waals surface area contributed by atoms with E-state index in [0.29, 0.717) is 5.92 Å². The Bertz CT molecular complexity index is 1110. The Balaban J connectivity index is 1.57. The van der Waals surface area contributed by atoms with Gasteiger partial charge in [0, 0.05) is 44.3 Å². The van der Waals surface area contributed by atoms with Gasteiger partial charge in [0.25, 0.3) is 5.91 Å². The quantitative estimate of drug-likeness (QED) is 0.386. The molecule has 5 nitrogen and oxygen atoms in total. The van der Waals surface area contributed by atoms with Crippen LogP contribution < -0.4 is 5.32 Å². The molecule has 1 saturated heterocycles. The summed E-state index contributed by atoms with van der Waals surface area (Å²) < 4.78 is 5.56. The lowest BCUT2D eigenvalue weighted by Gasteiger charge is -2.22. The van der Waals surface area contributed by atoms with E-state index in [4.69, 9.17) is 4.74 Å². The average molecular weight is 488 g/mol. The molecule has 1 aliphatic heterocycles. The number of ether oxygens (including phenoxy) is 1. The largest absolute Gasteiger partial charge is 0.381 e. The van der Waals surface area contributed by atoms with Crippen LogP contribution in [0.15, 0.2) is 65.9 Å². The Labute approximate surface area is 217 Å². The summed E-state index contributed by atoms with van der Waals surface area (Å²) in [5, 5.41) is 3.33. The van der Waals surface area contributed by atoms with Crippen molar-refractivity contribution in [3.8, 4) is 0 Å². The lowest BCUT2D eigenvalue weighted by molar-refractivity contribution is 0.0784. The zero-order valence-corrected chi connectivity index (χ0v) is 22.6. The summed E-state index contributed by atoms with van der Waals surface area (Å²) in [7, 11) is 1.90. The van der Waals surface area contributed by atoms with Crippen LogP contribution in [-0.4, -0.2) is 43.3 Å². The van der Waals surface area contributed by atoms with Crippen molar-refractivity contribution in [1.29, 1.82) is 0 Å². The van der Waals surface area contributed by atoms with E-state index in [1.54, 1.807) is 0 Å². The molecule has 1 heterocycles. The minimum Gasteiger partial charge on any atom is -0.381 e. The molecule has 0 bridgehead atoms. The molecule has 2 aromatic rings. The predicted octanol–water partition coefficient (Wildman–Crippen LogP) is 7.03. The number of rotatable bonds is 9. The summed E-state index contributed by atoms with van der Waals surface area (Å²) >= 11 is 0. The van der Waals surface area contributed by atoms with Crippen molar-refractivity contribution in [2.45, 2.75) is 53.4 Å². The van der Waals surface area contributed by atoms with Crippen LogP contribution in [0, 0.1) is 19.8 Å². The number of carbonyl (C=O) groups is 1. The molecule has 2 aromatic carbocycles. The van der Waals surface area contributed by atoms with E-state index in [-0.39, 0.29) is 5.91 Å². The maximum atomic E-state index is 13.1. The number of aliphatic imine (C=N–C) groups is 1. The maximum absolute atomic E-state index is 13.1. The summed E-state index contributed by atoms with van der Waals surface area (Å²) in [6, 6.07) is 14.2.